The molecule has 2 N–H and O–H groups in total. The van der Waals surface area contributed by atoms with Gasteiger partial charge >= 0.3 is 5.69 Å². The highest BCUT2D eigenvalue weighted by Crippen LogP contribution is 2.30. The van der Waals surface area contributed by atoms with E-state index in [0.29, 0.717) is 0 Å². The van der Waals surface area contributed by atoms with Crippen molar-refractivity contribution in [2.45, 2.75) is 38.3 Å². The maximum Gasteiger partial charge on any atom is 0.306 e. The monoisotopic (exact) mass is 357 g/mol. The number of nitrogens with one attached hydrogen (secondary N) is 2. The van der Waals surface area contributed by atoms with E-state index < -0.39 is 22.5 Å². The van der Waals surface area contributed by atoms with Crippen LogP contribution in [0, 0.1) is 15.9 Å². The number of benzene rings is 2. The van der Waals surface area contributed by atoms with Crippen LogP contribution in [0.3, 0.4) is 0 Å². The third-order valence-corrected chi connectivity index (χ3v) is 4.62. The molecule has 6 nitrogen and oxygen atoms in total. The van der Waals surface area contributed by atoms with E-state index in [2.05, 4.69) is 22.8 Å². The number of hydrogen-bond acceptors (Lipinski definition) is 4. The van der Waals surface area contributed by atoms with E-state index in [-0.39, 0.29) is 17.6 Å². The van der Waals surface area contributed by atoms with E-state index in [4.69, 9.17) is 0 Å². The summed E-state index contributed by atoms with van der Waals surface area (Å²) in [5.74, 6) is -1.26. The van der Waals surface area contributed by atoms with Crippen LogP contribution in [0.5, 0.6) is 0 Å². The number of amides is 1. The van der Waals surface area contributed by atoms with Crippen LogP contribution in [0.15, 0.2) is 42.5 Å². The first kappa shape index (κ1) is 18.0. The van der Waals surface area contributed by atoms with Crippen molar-refractivity contribution in [3.8, 4) is 0 Å². The van der Waals surface area contributed by atoms with E-state index >= 15 is 0 Å². The number of nitrogens with zero attached hydrogens (tertiary/aromatic N) is 1. The number of halogens is 1. The number of rotatable bonds is 5. The molecule has 0 saturated heterocycles. The molecule has 3 rings (SSSR count). The van der Waals surface area contributed by atoms with Crippen molar-refractivity contribution in [3.63, 3.8) is 0 Å². The number of carbonyl (C=O) groups excluding carboxylic acids is 1. The zero-order valence-electron chi connectivity index (χ0n) is 14.4. The first-order valence-electron chi connectivity index (χ1n) is 8.54. The van der Waals surface area contributed by atoms with Crippen LogP contribution in [0.2, 0.25) is 0 Å². The van der Waals surface area contributed by atoms with Crippen LogP contribution in [0.25, 0.3) is 0 Å². The van der Waals surface area contributed by atoms with E-state index in [0.717, 1.165) is 31.4 Å². The van der Waals surface area contributed by atoms with E-state index in [9.17, 15) is 19.3 Å². The number of anilines is 1. The smallest absolute Gasteiger partial charge is 0.306 e. The van der Waals surface area contributed by atoms with Gasteiger partial charge in [-0.2, -0.15) is 4.39 Å². The summed E-state index contributed by atoms with van der Waals surface area (Å²) in [4.78, 5) is 22.4. The molecule has 0 heterocycles. The lowest BCUT2D eigenvalue weighted by molar-refractivity contribution is -0.387. The van der Waals surface area contributed by atoms with Gasteiger partial charge in [-0.15, -0.1) is 0 Å². The second-order valence-electron chi connectivity index (χ2n) is 6.44. The predicted octanol–water partition coefficient (Wildman–Crippen LogP) is 3.73. The second-order valence-corrected chi connectivity index (χ2v) is 6.44. The standard InChI is InChI=1S/C19H20FN3O3/c1-12(21-17-8-4-6-13-5-2-3-7-15(13)17)19(24)22-14-9-10-16(20)18(11-14)23(25)26/h2-3,5,7,9-12,17,21H,4,6,8H2,1H3,(H,22,24)/t12-,17+/m0/s1. The summed E-state index contributed by atoms with van der Waals surface area (Å²) in [6, 6.07) is 11.1. The zero-order chi connectivity index (χ0) is 18.7. The van der Waals surface area contributed by atoms with E-state index in [1.165, 1.54) is 17.2 Å². The normalized spacial score (nSPS) is 17.2. The average Bonchev–Trinajstić information content (AvgIpc) is 2.63. The van der Waals surface area contributed by atoms with Crippen LogP contribution in [-0.4, -0.2) is 16.9 Å². The van der Waals surface area contributed by atoms with Crippen molar-refractivity contribution in [2.24, 2.45) is 0 Å². The Bertz CT molecular complexity index is 841. The maximum atomic E-state index is 13.4. The molecule has 0 radical (unpaired) electrons. The maximum absolute atomic E-state index is 13.4. The van der Waals surface area contributed by atoms with Crippen LogP contribution in [-0.2, 0) is 11.2 Å². The Morgan fingerprint density at radius 2 is 2.08 bits per heavy atom. The molecule has 0 spiro atoms. The predicted molar refractivity (Wildman–Crippen MR) is 96.4 cm³/mol. The molecule has 7 heteroatoms. The summed E-state index contributed by atoms with van der Waals surface area (Å²) < 4.78 is 13.4. The molecule has 136 valence electrons. The Balaban J connectivity index is 1.68. The molecule has 0 saturated carbocycles. The van der Waals surface area contributed by atoms with Crippen LogP contribution in [0.1, 0.15) is 36.9 Å². The highest BCUT2D eigenvalue weighted by Gasteiger charge is 2.24. The average molecular weight is 357 g/mol. The SMILES string of the molecule is C[C@H](N[C@@H]1CCCc2ccccc21)C(=O)Nc1ccc(F)c([N+](=O)[O-])c1. The molecule has 0 aliphatic heterocycles. The van der Waals surface area contributed by atoms with Gasteiger partial charge < -0.3 is 5.32 Å². The molecular formula is C19H20FN3O3. The van der Waals surface area contributed by atoms with Crippen molar-refractivity contribution in [3.05, 3.63) is 69.5 Å². The molecular weight excluding hydrogens is 337 g/mol. The fourth-order valence-corrected chi connectivity index (χ4v) is 3.29. The number of nitro benzene ring substituents is 1. The van der Waals surface area contributed by atoms with Gasteiger partial charge in [-0.05, 0) is 49.4 Å². The fraction of sp³-hybridized carbons (Fsp3) is 0.316. The van der Waals surface area contributed by atoms with Crippen molar-refractivity contribution in [2.75, 3.05) is 5.32 Å². The summed E-state index contributed by atoms with van der Waals surface area (Å²) in [7, 11) is 0. The lowest BCUT2D eigenvalue weighted by atomic mass is 9.87. The minimum absolute atomic E-state index is 0.0863. The molecule has 1 aliphatic rings. The molecule has 26 heavy (non-hydrogen) atoms. The number of fused-ring (bicyclic) bond motifs is 1. The molecule has 0 bridgehead atoms. The topological polar surface area (TPSA) is 84.3 Å². The first-order chi connectivity index (χ1) is 12.5. The quantitative estimate of drug-likeness (QED) is 0.631. The third kappa shape index (κ3) is 3.88. The van der Waals surface area contributed by atoms with Crippen molar-refractivity contribution in [1.29, 1.82) is 0 Å². The second kappa shape index (κ2) is 7.61. The molecule has 0 unspecified atom stereocenters. The van der Waals surface area contributed by atoms with Crippen LogP contribution < -0.4 is 10.6 Å². The molecule has 2 aromatic carbocycles. The van der Waals surface area contributed by atoms with Crippen LogP contribution in [0.4, 0.5) is 15.8 Å². The largest absolute Gasteiger partial charge is 0.324 e. The fourth-order valence-electron chi connectivity index (χ4n) is 3.29. The van der Waals surface area contributed by atoms with Crippen molar-refractivity contribution >= 4 is 17.3 Å². The Hall–Kier alpha value is -2.80. The molecule has 2 aromatic rings. The number of carbonyl (C=O) groups is 1. The lowest BCUT2D eigenvalue weighted by Crippen LogP contribution is -2.41. The van der Waals surface area contributed by atoms with Gasteiger partial charge in [-0.3, -0.25) is 20.2 Å². The van der Waals surface area contributed by atoms with Gasteiger partial charge in [0.05, 0.1) is 11.0 Å². The number of nitro groups is 1. The minimum atomic E-state index is -0.932. The summed E-state index contributed by atoms with van der Waals surface area (Å²) in [5, 5.41) is 16.7. The van der Waals surface area contributed by atoms with Gasteiger partial charge in [0, 0.05) is 17.8 Å². The highest BCUT2D eigenvalue weighted by atomic mass is 19.1. The van der Waals surface area contributed by atoms with Crippen molar-refractivity contribution < 1.29 is 14.1 Å². The Kier molecular flexibility index (Phi) is 5.27. The zero-order valence-corrected chi connectivity index (χ0v) is 14.4. The number of aryl methyl sites for hydroxylation is 1. The van der Waals surface area contributed by atoms with Gasteiger partial charge in [0.2, 0.25) is 11.7 Å². The van der Waals surface area contributed by atoms with Crippen molar-refractivity contribution in [1.82, 2.24) is 5.32 Å². The molecule has 0 aromatic heterocycles. The number of hydrogen-bond donors (Lipinski definition) is 2. The summed E-state index contributed by atoms with van der Waals surface area (Å²) in [6.07, 6.45) is 3.03. The summed E-state index contributed by atoms with van der Waals surface area (Å²) in [5.41, 5.74) is 2.03. The van der Waals surface area contributed by atoms with Crippen LogP contribution >= 0.6 is 0 Å². The molecule has 0 fully saturated rings. The Labute approximate surface area is 150 Å². The van der Waals surface area contributed by atoms with Gasteiger partial charge in [0.1, 0.15) is 0 Å². The Morgan fingerprint density at radius 3 is 2.85 bits per heavy atom. The highest BCUT2D eigenvalue weighted by molar-refractivity contribution is 5.94. The molecule has 2 atom stereocenters. The summed E-state index contributed by atoms with van der Waals surface area (Å²) in [6.45, 7) is 1.74. The van der Waals surface area contributed by atoms with Gasteiger partial charge in [-0.1, -0.05) is 24.3 Å². The Morgan fingerprint density at radius 1 is 1.31 bits per heavy atom. The van der Waals surface area contributed by atoms with E-state index in [1.807, 2.05) is 12.1 Å². The lowest BCUT2D eigenvalue weighted by Gasteiger charge is -2.28. The van der Waals surface area contributed by atoms with E-state index in [1.54, 1.807) is 6.92 Å². The van der Waals surface area contributed by atoms with Gasteiger partial charge in [0.25, 0.3) is 0 Å². The molecule has 1 amide bonds. The summed E-state index contributed by atoms with van der Waals surface area (Å²) >= 11 is 0. The minimum Gasteiger partial charge on any atom is -0.324 e. The van der Waals surface area contributed by atoms with Gasteiger partial charge in [-0.25, -0.2) is 0 Å². The molecule has 1 aliphatic carbocycles. The third-order valence-electron chi connectivity index (χ3n) is 4.62. The van der Waals surface area contributed by atoms with Gasteiger partial charge in [0.15, 0.2) is 0 Å². The first-order valence-corrected chi connectivity index (χ1v) is 8.54.